The van der Waals surface area contributed by atoms with Gasteiger partial charge in [0.1, 0.15) is 5.82 Å². The first-order valence-electron chi connectivity index (χ1n) is 6.28. The summed E-state index contributed by atoms with van der Waals surface area (Å²) in [7, 11) is 1.75. The lowest BCUT2D eigenvalue weighted by atomic mass is 10.1. The summed E-state index contributed by atoms with van der Waals surface area (Å²) in [6.07, 6.45) is 2.53. The molecule has 0 aliphatic rings. The van der Waals surface area contributed by atoms with Crippen molar-refractivity contribution < 1.29 is 4.79 Å². The van der Waals surface area contributed by atoms with Crippen molar-refractivity contribution in [2.45, 2.75) is 13.3 Å². The molecule has 0 saturated carbocycles. The number of pyridine rings is 1. The van der Waals surface area contributed by atoms with Gasteiger partial charge in [-0.2, -0.15) is 0 Å². The fourth-order valence-corrected chi connectivity index (χ4v) is 1.93. The summed E-state index contributed by atoms with van der Waals surface area (Å²) in [6, 6.07) is 11.3. The molecule has 0 spiro atoms. The van der Waals surface area contributed by atoms with Gasteiger partial charge in [0.15, 0.2) is 0 Å². The van der Waals surface area contributed by atoms with Gasteiger partial charge in [0.05, 0.1) is 5.56 Å². The highest BCUT2D eigenvalue weighted by Crippen LogP contribution is 2.18. The molecule has 2 N–H and O–H groups in total. The molecular formula is C15H17N3O. The molecule has 4 heteroatoms. The van der Waals surface area contributed by atoms with Crippen LogP contribution in [0.5, 0.6) is 0 Å². The Hall–Kier alpha value is -2.36. The number of nitrogens with zero attached hydrogens (tertiary/aromatic N) is 1. The van der Waals surface area contributed by atoms with Crippen molar-refractivity contribution >= 4 is 17.4 Å². The normalized spacial score (nSPS) is 10.0. The summed E-state index contributed by atoms with van der Waals surface area (Å²) in [5.41, 5.74) is 2.50. The topological polar surface area (TPSA) is 54.0 Å². The SMILES string of the molecule is CCc1ccccc1NC(=O)c1cccnc1NC. The standard InChI is InChI=1S/C15H17N3O/c1-3-11-7-4-5-9-13(11)18-15(19)12-8-6-10-17-14(12)16-2/h4-10H,3H2,1-2H3,(H,16,17)(H,18,19). The Morgan fingerprint density at radius 2 is 2.00 bits per heavy atom. The minimum atomic E-state index is -0.154. The molecule has 0 bridgehead atoms. The number of benzene rings is 1. The molecule has 1 heterocycles. The van der Waals surface area contributed by atoms with Crippen molar-refractivity contribution in [2.75, 3.05) is 17.7 Å². The smallest absolute Gasteiger partial charge is 0.259 e. The number of rotatable bonds is 4. The lowest BCUT2D eigenvalue weighted by molar-refractivity contribution is 0.102. The van der Waals surface area contributed by atoms with Crippen LogP contribution in [0.15, 0.2) is 42.6 Å². The van der Waals surface area contributed by atoms with Crippen molar-refractivity contribution in [1.29, 1.82) is 0 Å². The quantitative estimate of drug-likeness (QED) is 0.883. The van der Waals surface area contributed by atoms with E-state index in [0.29, 0.717) is 11.4 Å². The van der Waals surface area contributed by atoms with E-state index in [-0.39, 0.29) is 5.91 Å². The molecule has 1 aromatic heterocycles. The third kappa shape index (κ3) is 2.91. The van der Waals surface area contributed by atoms with Crippen molar-refractivity contribution in [1.82, 2.24) is 4.98 Å². The monoisotopic (exact) mass is 255 g/mol. The molecule has 2 rings (SSSR count). The van der Waals surface area contributed by atoms with E-state index in [2.05, 4.69) is 22.5 Å². The van der Waals surface area contributed by atoms with Crippen LogP contribution in [0.4, 0.5) is 11.5 Å². The maximum absolute atomic E-state index is 12.3. The highest BCUT2D eigenvalue weighted by Gasteiger charge is 2.12. The maximum Gasteiger partial charge on any atom is 0.259 e. The molecule has 0 aliphatic carbocycles. The summed E-state index contributed by atoms with van der Waals surface area (Å²) in [6.45, 7) is 2.06. The molecule has 0 fully saturated rings. The number of para-hydroxylation sites is 1. The van der Waals surface area contributed by atoms with Crippen LogP contribution >= 0.6 is 0 Å². The van der Waals surface area contributed by atoms with E-state index in [4.69, 9.17) is 0 Å². The second-order valence-corrected chi connectivity index (χ2v) is 4.11. The van der Waals surface area contributed by atoms with Crippen LogP contribution in [0.25, 0.3) is 0 Å². The van der Waals surface area contributed by atoms with Gasteiger partial charge in [0.25, 0.3) is 5.91 Å². The minimum absolute atomic E-state index is 0.154. The van der Waals surface area contributed by atoms with Gasteiger partial charge in [-0.25, -0.2) is 4.98 Å². The van der Waals surface area contributed by atoms with E-state index >= 15 is 0 Å². The highest BCUT2D eigenvalue weighted by atomic mass is 16.1. The summed E-state index contributed by atoms with van der Waals surface area (Å²) >= 11 is 0. The van der Waals surface area contributed by atoms with E-state index in [9.17, 15) is 4.79 Å². The van der Waals surface area contributed by atoms with Gasteiger partial charge in [-0.15, -0.1) is 0 Å². The molecule has 0 atom stereocenters. The predicted molar refractivity (Wildman–Crippen MR) is 77.6 cm³/mol. The molecule has 0 unspecified atom stereocenters. The number of carbonyl (C=O) groups is 1. The lowest BCUT2D eigenvalue weighted by Gasteiger charge is -2.11. The van der Waals surface area contributed by atoms with Crippen LogP contribution < -0.4 is 10.6 Å². The largest absolute Gasteiger partial charge is 0.372 e. The molecule has 19 heavy (non-hydrogen) atoms. The first-order chi connectivity index (χ1) is 9.26. The first kappa shape index (κ1) is 13.1. The van der Waals surface area contributed by atoms with Gasteiger partial charge < -0.3 is 10.6 Å². The van der Waals surface area contributed by atoms with E-state index in [0.717, 1.165) is 17.7 Å². The Morgan fingerprint density at radius 3 is 2.74 bits per heavy atom. The number of carbonyl (C=O) groups excluding carboxylic acids is 1. The molecule has 1 aromatic carbocycles. The number of hydrogen-bond donors (Lipinski definition) is 2. The van der Waals surface area contributed by atoms with Gasteiger partial charge in [0, 0.05) is 18.9 Å². The van der Waals surface area contributed by atoms with Crippen molar-refractivity contribution in [3.63, 3.8) is 0 Å². The number of anilines is 2. The van der Waals surface area contributed by atoms with Crippen LogP contribution in [-0.4, -0.2) is 17.9 Å². The number of amides is 1. The Balaban J connectivity index is 2.26. The van der Waals surface area contributed by atoms with E-state index in [1.54, 1.807) is 25.4 Å². The Kier molecular flexibility index (Phi) is 4.13. The molecule has 2 aromatic rings. The Labute approximate surface area is 112 Å². The molecule has 0 aliphatic heterocycles. The number of hydrogen-bond acceptors (Lipinski definition) is 3. The average molecular weight is 255 g/mol. The van der Waals surface area contributed by atoms with Crippen molar-refractivity contribution in [3.8, 4) is 0 Å². The Bertz CT molecular complexity index is 581. The zero-order valence-corrected chi connectivity index (χ0v) is 11.1. The molecule has 0 saturated heterocycles. The number of aromatic nitrogens is 1. The summed E-state index contributed by atoms with van der Waals surface area (Å²) < 4.78 is 0. The van der Waals surface area contributed by atoms with Crippen LogP contribution in [0.1, 0.15) is 22.8 Å². The molecule has 1 amide bonds. The molecule has 0 radical (unpaired) electrons. The fraction of sp³-hybridized carbons (Fsp3) is 0.200. The first-order valence-corrected chi connectivity index (χ1v) is 6.28. The lowest BCUT2D eigenvalue weighted by Crippen LogP contribution is -2.15. The van der Waals surface area contributed by atoms with E-state index < -0.39 is 0 Å². The highest BCUT2D eigenvalue weighted by molar-refractivity contribution is 6.07. The fourth-order valence-electron chi connectivity index (χ4n) is 1.93. The zero-order valence-electron chi connectivity index (χ0n) is 11.1. The average Bonchev–Trinajstić information content (AvgIpc) is 2.47. The van der Waals surface area contributed by atoms with Gasteiger partial charge >= 0.3 is 0 Å². The Morgan fingerprint density at radius 1 is 1.21 bits per heavy atom. The summed E-state index contributed by atoms with van der Waals surface area (Å²) in [4.78, 5) is 16.4. The number of aryl methyl sites for hydroxylation is 1. The van der Waals surface area contributed by atoms with Gasteiger partial charge in [0.2, 0.25) is 0 Å². The van der Waals surface area contributed by atoms with Crippen LogP contribution in [0.3, 0.4) is 0 Å². The maximum atomic E-state index is 12.3. The van der Waals surface area contributed by atoms with E-state index in [1.165, 1.54) is 0 Å². The summed E-state index contributed by atoms with van der Waals surface area (Å²) in [5.74, 6) is 0.423. The molecule has 4 nitrogen and oxygen atoms in total. The van der Waals surface area contributed by atoms with Gasteiger partial charge in [-0.1, -0.05) is 25.1 Å². The van der Waals surface area contributed by atoms with Crippen LogP contribution in [0, 0.1) is 0 Å². The second kappa shape index (κ2) is 6.00. The third-order valence-corrected chi connectivity index (χ3v) is 2.94. The molecular weight excluding hydrogens is 238 g/mol. The van der Waals surface area contributed by atoms with Crippen molar-refractivity contribution in [2.24, 2.45) is 0 Å². The third-order valence-electron chi connectivity index (χ3n) is 2.94. The van der Waals surface area contributed by atoms with Crippen molar-refractivity contribution in [3.05, 3.63) is 53.7 Å². The van der Waals surface area contributed by atoms with E-state index in [1.807, 2.05) is 24.3 Å². The predicted octanol–water partition coefficient (Wildman–Crippen LogP) is 2.94. The van der Waals surface area contributed by atoms with Crippen LogP contribution in [-0.2, 0) is 6.42 Å². The zero-order chi connectivity index (χ0) is 13.7. The number of nitrogens with one attached hydrogen (secondary N) is 2. The minimum Gasteiger partial charge on any atom is -0.372 e. The second-order valence-electron chi connectivity index (χ2n) is 4.11. The summed E-state index contributed by atoms with van der Waals surface area (Å²) in [5, 5.41) is 5.85. The van der Waals surface area contributed by atoms with Crippen LogP contribution in [0.2, 0.25) is 0 Å². The van der Waals surface area contributed by atoms with Gasteiger partial charge in [-0.05, 0) is 30.2 Å². The van der Waals surface area contributed by atoms with Gasteiger partial charge in [-0.3, -0.25) is 4.79 Å². The molecule has 98 valence electrons.